The molecule has 0 N–H and O–H groups in total. The fourth-order valence-electron chi connectivity index (χ4n) is 1.95. The molecule has 0 radical (unpaired) electrons. The van der Waals surface area contributed by atoms with Gasteiger partial charge in [0.15, 0.2) is 0 Å². The van der Waals surface area contributed by atoms with Crippen LogP contribution in [0.3, 0.4) is 0 Å². The first-order valence-corrected chi connectivity index (χ1v) is 10.8. The summed E-state index contributed by atoms with van der Waals surface area (Å²) < 4.78 is 11.4. The van der Waals surface area contributed by atoms with Crippen LogP contribution in [0.1, 0.15) is 32.1 Å². The Bertz CT molecular complexity index is 379. The normalized spacial score (nSPS) is 17.1. The molecule has 1 aliphatic rings. The van der Waals surface area contributed by atoms with Gasteiger partial charge in [-0.25, -0.2) is 0 Å². The van der Waals surface area contributed by atoms with Crippen molar-refractivity contribution in [3.8, 4) is 0 Å². The average molecular weight is 383 g/mol. The molecule has 18 heavy (non-hydrogen) atoms. The van der Waals surface area contributed by atoms with Gasteiger partial charge in [0.05, 0.1) is 0 Å². The number of hydrogen-bond acceptors (Lipinski definition) is 3. The zero-order valence-electron chi connectivity index (χ0n) is 9.98. The molecule has 0 heterocycles. The molecule has 0 spiro atoms. The van der Waals surface area contributed by atoms with Gasteiger partial charge in [0.25, 0.3) is 0 Å². The predicted octanol–water partition coefficient (Wildman–Crippen LogP) is 4.92. The van der Waals surface area contributed by atoms with Crippen LogP contribution >= 0.6 is 28.0 Å². The Balaban J connectivity index is 1.80. The van der Waals surface area contributed by atoms with E-state index < -0.39 is 25.3 Å². The standard InChI is InChI=1S/C13H16ClIO3/c14-15(11-7-3-1-4-8-11)18-13(16)17-12-9-5-2-6-10-12/h1,3-4,7-8,12H,2,5-6,9-10H2. The van der Waals surface area contributed by atoms with Gasteiger partial charge < -0.3 is 0 Å². The molecule has 1 aromatic rings. The van der Waals surface area contributed by atoms with Crippen LogP contribution in [0.2, 0.25) is 0 Å². The Morgan fingerprint density at radius 3 is 2.50 bits per heavy atom. The Labute approximate surface area is 118 Å². The number of halogens is 2. The number of benzene rings is 1. The fraction of sp³-hybridized carbons (Fsp3) is 0.462. The number of carbonyl (C=O) groups is 1. The van der Waals surface area contributed by atoms with Gasteiger partial charge in [-0.3, -0.25) is 0 Å². The second-order valence-electron chi connectivity index (χ2n) is 4.21. The van der Waals surface area contributed by atoms with E-state index in [-0.39, 0.29) is 6.10 Å². The molecular weight excluding hydrogens is 366 g/mol. The molecular formula is C13H16ClIO3. The Kier molecular flexibility index (Phi) is 5.56. The molecule has 0 aromatic heterocycles. The van der Waals surface area contributed by atoms with Crippen molar-refractivity contribution in [3.05, 3.63) is 33.9 Å². The third-order valence-corrected chi connectivity index (χ3v) is 6.79. The second-order valence-corrected chi connectivity index (χ2v) is 8.82. The van der Waals surface area contributed by atoms with E-state index in [2.05, 4.69) is 0 Å². The van der Waals surface area contributed by atoms with E-state index in [1.165, 1.54) is 6.42 Å². The molecule has 5 heteroatoms. The van der Waals surface area contributed by atoms with Gasteiger partial charge in [-0.05, 0) is 0 Å². The van der Waals surface area contributed by atoms with Gasteiger partial charge in [0.2, 0.25) is 0 Å². The summed E-state index contributed by atoms with van der Waals surface area (Å²) >= 11 is -2.37. The third kappa shape index (κ3) is 4.31. The van der Waals surface area contributed by atoms with E-state index in [0.29, 0.717) is 0 Å². The van der Waals surface area contributed by atoms with Crippen LogP contribution < -0.4 is 0 Å². The molecule has 1 fully saturated rings. The Morgan fingerprint density at radius 1 is 1.17 bits per heavy atom. The van der Waals surface area contributed by atoms with Crippen molar-refractivity contribution >= 4 is 34.2 Å². The maximum absolute atomic E-state index is 11.6. The molecule has 1 aromatic carbocycles. The van der Waals surface area contributed by atoms with Crippen molar-refractivity contribution in [2.24, 2.45) is 0 Å². The van der Waals surface area contributed by atoms with Gasteiger partial charge in [-0.2, -0.15) is 0 Å². The molecule has 100 valence electrons. The van der Waals surface area contributed by atoms with E-state index in [1.54, 1.807) is 0 Å². The van der Waals surface area contributed by atoms with Crippen LogP contribution in [-0.4, -0.2) is 12.3 Å². The molecule has 0 bridgehead atoms. The summed E-state index contributed by atoms with van der Waals surface area (Å²) in [5.74, 6) is 0. The minimum atomic E-state index is -2.37. The van der Waals surface area contributed by atoms with Crippen molar-refractivity contribution in [1.29, 1.82) is 0 Å². The van der Waals surface area contributed by atoms with E-state index in [4.69, 9.17) is 16.7 Å². The SMILES string of the molecule is O=C(OC1CCCCC1)OI(Cl)c1ccccc1. The summed E-state index contributed by atoms with van der Waals surface area (Å²) in [6.45, 7) is 0. The summed E-state index contributed by atoms with van der Waals surface area (Å²) in [6.07, 6.45) is 4.77. The van der Waals surface area contributed by atoms with Crippen molar-refractivity contribution < 1.29 is 12.6 Å². The van der Waals surface area contributed by atoms with E-state index in [0.717, 1.165) is 29.3 Å². The van der Waals surface area contributed by atoms with Crippen molar-refractivity contribution in [2.75, 3.05) is 0 Å². The van der Waals surface area contributed by atoms with Gasteiger partial charge >= 0.3 is 119 Å². The van der Waals surface area contributed by atoms with Gasteiger partial charge in [-0.1, -0.05) is 0 Å². The molecule has 0 amide bonds. The first-order chi connectivity index (χ1) is 8.75. The van der Waals surface area contributed by atoms with Gasteiger partial charge in [0.1, 0.15) is 0 Å². The molecule has 0 atom stereocenters. The van der Waals surface area contributed by atoms with Crippen LogP contribution in [0.25, 0.3) is 0 Å². The number of rotatable bonds is 3. The first-order valence-electron chi connectivity index (χ1n) is 6.06. The van der Waals surface area contributed by atoms with Crippen molar-refractivity contribution in [2.45, 2.75) is 38.2 Å². The summed E-state index contributed by atoms with van der Waals surface area (Å²) in [5, 5.41) is 0. The number of ether oxygens (including phenoxy) is 1. The molecule has 1 saturated carbocycles. The number of carbonyl (C=O) groups excluding carboxylic acids is 1. The molecule has 1 aliphatic carbocycles. The number of hydrogen-bond donors (Lipinski definition) is 0. The van der Waals surface area contributed by atoms with Crippen LogP contribution in [0, 0.1) is 3.57 Å². The van der Waals surface area contributed by atoms with Gasteiger partial charge in [-0.15, -0.1) is 0 Å². The third-order valence-electron chi connectivity index (χ3n) is 2.85. The second kappa shape index (κ2) is 7.19. The van der Waals surface area contributed by atoms with Gasteiger partial charge in [0, 0.05) is 0 Å². The Hall–Kier alpha value is -0.490. The monoisotopic (exact) mass is 382 g/mol. The van der Waals surface area contributed by atoms with E-state index >= 15 is 0 Å². The van der Waals surface area contributed by atoms with Crippen LogP contribution in [0.5, 0.6) is 0 Å². The van der Waals surface area contributed by atoms with E-state index in [9.17, 15) is 4.79 Å². The maximum atomic E-state index is 11.6. The van der Waals surface area contributed by atoms with Crippen LogP contribution in [0.15, 0.2) is 30.3 Å². The molecule has 0 unspecified atom stereocenters. The summed E-state index contributed by atoms with van der Waals surface area (Å²) in [6, 6.07) is 9.44. The fourth-order valence-corrected chi connectivity index (χ4v) is 4.56. The summed E-state index contributed by atoms with van der Waals surface area (Å²) in [5.41, 5.74) is 0. The van der Waals surface area contributed by atoms with Crippen LogP contribution in [-0.2, 0) is 7.80 Å². The summed E-state index contributed by atoms with van der Waals surface area (Å²) in [7, 11) is 6.15. The van der Waals surface area contributed by atoms with Crippen molar-refractivity contribution in [3.63, 3.8) is 0 Å². The summed E-state index contributed by atoms with van der Waals surface area (Å²) in [4.78, 5) is 11.6. The molecule has 2 rings (SSSR count). The van der Waals surface area contributed by atoms with E-state index in [1.807, 2.05) is 30.3 Å². The molecule has 0 saturated heterocycles. The quantitative estimate of drug-likeness (QED) is 0.550. The molecule has 0 aliphatic heterocycles. The topological polar surface area (TPSA) is 35.5 Å². The zero-order chi connectivity index (χ0) is 12.8. The first kappa shape index (κ1) is 13.9. The Morgan fingerprint density at radius 2 is 1.83 bits per heavy atom. The predicted molar refractivity (Wildman–Crippen MR) is 79.5 cm³/mol. The zero-order valence-corrected chi connectivity index (χ0v) is 12.9. The molecule has 3 nitrogen and oxygen atoms in total. The average Bonchev–Trinajstić information content (AvgIpc) is 2.40. The van der Waals surface area contributed by atoms with Crippen LogP contribution in [0.4, 0.5) is 4.79 Å². The van der Waals surface area contributed by atoms with Crippen molar-refractivity contribution in [1.82, 2.24) is 0 Å². The minimum absolute atomic E-state index is 0.0166.